The van der Waals surface area contributed by atoms with Crippen LogP contribution >= 0.6 is 23.4 Å². The quantitative estimate of drug-likeness (QED) is 0.159. The van der Waals surface area contributed by atoms with E-state index in [0.29, 0.717) is 41.3 Å². The van der Waals surface area contributed by atoms with Gasteiger partial charge in [-0.05, 0) is 35.2 Å². The third kappa shape index (κ3) is 7.13. The number of hydrogen-bond donors (Lipinski definition) is 1. The summed E-state index contributed by atoms with van der Waals surface area (Å²) < 4.78 is 5.44. The van der Waals surface area contributed by atoms with Crippen LogP contribution < -0.4 is 10.2 Å². The summed E-state index contributed by atoms with van der Waals surface area (Å²) >= 11 is 7.80. The Hall–Kier alpha value is -3.39. The van der Waals surface area contributed by atoms with E-state index in [-0.39, 0.29) is 11.9 Å². The van der Waals surface area contributed by atoms with Crippen LogP contribution in [0, 0.1) is 0 Å². The SMILES string of the molecule is O=C(N[C@H](Cc1ccccc1)c1ccccc1)c1cccc(CSc2nc(Cl)cc(N3CCOCC3)n2)c1. The van der Waals surface area contributed by atoms with E-state index in [0.717, 1.165) is 30.0 Å². The number of halogens is 1. The second-order valence-corrected chi connectivity index (χ2v) is 10.4. The van der Waals surface area contributed by atoms with Gasteiger partial charge in [-0.1, -0.05) is 96.2 Å². The number of morpholine rings is 1. The van der Waals surface area contributed by atoms with Crippen molar-refractivity contribution < 1.29 is 9.53 Å². The molecule has 38 heavy (non-hydrogen) atoms. The van der Waals surface area contributed by atoms with Gasteiger partial charge in [0.05, 0.1) is 19.3 Å². The van der Waals surface area contributed by atoms with Crippen LogP contribution in [0.1, 0.15) is 33.1 Å². The standard InChI is InChI=1S/C30H29ClN4O2S/c31-27-20-28(35-14-16-37-17-15-35)34-30(33-27)38-21-23-10-7-13-25(18-23)29(36)32-26(24-11-5-2-6-12-24)19-22-8-3-1-4-9-22/h1-13,18,20,26H,14-17,19,21H2,(H,32,36)/t26-/m1/s1. The van der Waals surface area contributed by atoms with Gasteiger partial charge in [-0.2, -0.15) is 0 Å². The molecule has 1 fully saturated rings. The molecule has 1 aliphatic rings. The first-order chi connectivity index (χ1) is 18.6. The van der Waals surface area contributed by atoms with Gasteiger partial charge in [0.25, 0.3) is 5.91 Å². The Kier molecular flexibility index (Phi) is 8.91. The fraction of sp³-hybridized carbons (Fsp3) is 0.233. The summed E-state index contributed by atoms with van der Waals surface area (Å²) in [6, 6.07) is 29.7. The lowest BCUT2D eigenvalue weighted by Crippen LogP contribution is -2.36. The van der Waals surface area contributed by atoms with Crippen LogP contribution in [0.3, 0.4) is 0 Å². The number of hydrogen-bond acceptors (Lipinski definition) is 6. The highest BCUT2D eigenvalue weighted by Gasteiger charge is 2.18. The molecule has 0 unspecified atom stereocenters. The Morgan fingerprint density at radius 3 is 2.39 bits per heavy atom. The van der Waals surface area contributed by atoms with Crippen LogP contribution in [0.15, 0.2) is 96.2 Å². The van der Waals surface area contributed by atoms with Crippen molar-refractivity contribution in [2.24, 2.45) is 0 Å². The minimum absolute atomic E-state index is 0.102. The molecule has 1 atom stereocenters. The smallest absolute Gasteiger partial charge is 0.251 e. The zero-order valence-corrected chi connectivity index (χ0v) is 22.5. The summed E-state index contributed by atoms with van der Waals surface area (Å²) in [6.45, 7) is 2.91. The highest BCUT2D eigenvalue weighted by molar-refractivity contribution is 7.98. The summed E-state index contributed by atoms with van der Waals surface area (Å²) in [5.74, 6) is 1.33. The predicted molar refractivity (Wildman–Crippen MR) is 153 cm³/mol. The van der Waals surface area contributed by atoms with Crippen molar-refractivity contribution in [3.63, 3.8) is 0 Å². The molecule has 0 bridgehead atoms. The normalized spacial score (nSPS) is 14.2. The van der Waals surface area contributed by atoms with Crippen molar-refractivity contribution in [3.05, 3.63) is 118 Å². The molecule has 1 aliphatic heterocycles. The van der Waals surface area contributed by atoms with Crippen LogP contribution in [0.2, 0.25) is 5.15 Å². The molecule has 0 saturated carbocycles. The third-order valence-corrected chi connectivity index (χ3v) is 7.46. The lowest BCUT2D eigenvalue weighted by molar-refractivity contribution is 0.0936. The molecule has 1 N–H and O–H groups in total. The van der Waals surface area contributed by atoms with Gasteiger partial charge >= 0.3 is 0 Å². The van der Waals surface area contributed by atoms with Crippen molar-refractivity contribution in [2.75, 3.05) is 31.2 Å². The molecule has 1 saturated heterocycles. The Morgan fingerprint density at radius 1 is 0.921 bits per heavy atom. The highest BCUT2D eigenvalue weighted by Crippen LogP contribution is 2.26. The number of ether oxygens (including phenoxy) is 1. The number of nitrogens with one attached hydrogen (secondary N) is 1. The molecule has 3 aromatic carbocycles. The first-order valence-corrected chi connectivity index (χ1v) is 14.0. The maximum absolute atomic E-state index is 13.3. The van der Waals surface area contributed by atoms with Gasteiger partial charge in [0.1, 0.15) is 11.0 Å². The van der Waals surface area contributed by atoms with E-state index in [1.165, 1.54) is 17.3 Å². The Morgan fingerprint density at radius 2 is 1.63 bits per heavy atom. The first kappa shape index (κ1) is 26.2. The van der Waals surface area contributed by atoms with E-state index in [4.69, 9.17) is 21.3 Å². The molecular weight excluding hydrogens is 516 g/mol. The first-order valence-electron chi connectivity index (χ1n) is 12.6. The van der Waals surface area contributed by atoms with E-state index >= 15 is 0 Å². The Labute approximate surface area is 232 Å². The number of thioether (sulfide) groups is 1. The summed E-state index contributed by atoms with van der Waals surface area (Å²) in [5, 5.41) is 4.28. The van der Waals surface area contributed by atoms with Crippen LogP contribution in [0.5, 0.6) is 0 Å². The molecule has 0 aliphatic carbocycles. The van der Waals surface area contributed by atoms with Gasteiger partial charge in [-0.3, -0.25) is 4.79 Å². The number of rotatable bonds is 9. The number of benzene rings is 3. The molecule has 2 heterocycles. The monoisotopic (exact) mass is 544 g/mol. The highest BCUT2D eigenvalue weighted by atomic mass is 35.5. The average molecular weight is 545 g/mol. The fourth-order valence-electron chi connectivity index (χ4n) is 4.38. The van der Waals surface area contributed by atoms with E-state index in [1.54, 1.807) is 6.07 Å². The molecular formula is C30H29ClN4O2S. The van der Waals surface area contributed by atoms with E-state index in [1.807, 2.05) is 60.7 Å². The van der Waals surface area contributed by atoms with E-state index < -0.39 is 0 Å². The van der Waals surface area contributed by atoms with Gasteiger partial charge in [-0.25, -0.2) is 9.97 Å². The maximum Gasteiger partial charge on any atom is 0.251 e. The second kappa shape index (κ2) is 12.9. The Balaban J connectivity index is 1.27. The van der Waals surface area contributed by atoms with Crippen molar-refractivity contribution >= 4 is 35.1 Å². The van der Waals surface area contributed by atoms with Gasteiger partial charge in [0.15, 0.2) is 5.16 Å². The van der Waals surface area contributed by atoms with E-state index in [2.05, 4.69) is 39.5 Å². The van der Waals surface area contributed by atoms with Crippen molar-refractivity contribution in [1.82, 2.24) is 15.3 Å². The molecule has 6 nitrogen and oxygen atoms in total. The van der Waals surface area contributed by atoms with Crippen LogP contribution in [0.4, 0.5) is 5.82 Å². The minimum atomic E-state index is -0.136. The number of anilines is 1. The summed E-state index contributed by atoms with van der Waals surface area (Å²) in [6.07, 6.45) is 0.712. The average Bonchev–Trinajstić information content (AvgIpc) is 2.97. The maximum atomic E-state index is 13.3. The lowest BCUT2D eigenvalue weighted by atomic mass is 9.98. The summed E-state index contributed by atoms with van der Waals surface area (Å²) in [7, 11) is 0. The fourth-order valence-corrected chi connectivity index (χ4v) is 5.41. The molecule has 1 amide bonds. The van der Waals surface area contributed by atoms with E-state index in [9.17, 15) is 4.79 Å². The Bertz CT molecular complexity index is 1350. The molecule has 1 aromatic heterocycles. The van der Waals surface area contributed by atoms with Crippen molar-refractivity contribution in [2.45, 2.75) is 23.4 Å². The lowest BCUT2D eigenvalue weighted by Gasteiger charge is -2.27. The second-order valence-electron chi connectivity index (χ2n) is 9.05. The van der Waals surface area contributed by atoms with Gasteiger partial charge < -0.3 is 15.0 Å². The predicted octanol–water partition coefficient (Wildman–Crippen LogP) is 5.97. The molecule has 4 aromatic rings. The van der Waals surface area contributed by atoms with Gasteiger partial charge in [0, 0.05) is 30.5 Å². The molecule has 8 heteroatoms. The number of carbonyl (C=O) groups is 1. The molecule has 0 radical (unpaired) electrons. The van der Waals surface area contributed by atoms with Gasteiger partial charge in [0.2, 0.25) is 0 Å². The number of carbonyl (C=O) groups excluding carboxylic acids is 1. The molecule has 5 rings (SSSR count). The van der Waals surface area contributed by atoms with Crippen molar-refractivity contribution in [3.8, 4) is 0 Å². The zero-order chi connectivity index (χ0) is 26.2. The van der Waals surface area contributed by atoms with Crippen LogP contribution in [0.25, 0.3) is 0 Å². The third-order valence-electron chi connectivity index (χ3n) is 6.34. The van der Waals surface area contributed by atoms with Crippen LogP contribution in [-0.4, -0.2) is 42.2 Å². The summed E-state index contributed by atoms with van der Waals surface area (Å²) in [4.78, 5) is 24.6. The van der Waals surface area contributed by atoms with Crippen molar-refractivity contribution in [1.29, 1.82) is 0 Å². The number of amides is 1. The minimum Gasteiger partial charge on any atom is -0.378 e. The van der Waals surface area contributed by atoms with Gasteiger partial charge in [-0.15, -0.1) is 0 Å². The molecule has 194 valence electrons. The number of aromatic nitrogens is 2. The molecule has 0 spiro atoms. The largest absolute Gasteiger partial charge is 0.378 e. The topological polar surface area (TPSA) is 67.4 Å². The summed E-state index contributed by atoms with van der Waals surface area (Å²) in [5.41, 5.74) is 3.88. The zero-order valence-electron chi connectivity index (χ0n) is 20.9. The van der Waals surface area contributed by atoms with Crippen LogP contribution in [-0.2, 0) is 16.9 Å². The number of nitrogens with zero attached hydrogens (tertiary/aromatic N) is 3.